The van der Waals surface area contributed by atoms with Crippen LogP contribution < -0.4 is 14.8 Å². The van der Waals surface area contributed by atoms with Crippen LogP contribution in [0.15, 0.2) is 18.2 Å². The summed E-state index contributed by atoms with van der Waals surface area (Å²) in [6.45, 7) is 2.52. The minimum Gasteiger partial charge on any atom is -0.454 e. The Morgan fingerprint density at radius 2 is 2.20 bits per heavy atom. The van der Waals surface area contributed by atoms with Gasteiger partial charge in [-0.15, -0.1) is 0 Å². The smallest absolute Gasteiger partial charge is 0.231 e. The Labute approximate surface area is 88.2 Å². The number of alkyl halides is 1. The molecule has 82 valence electrons. The molecule has 0 radical (unpaired) electrons. The molecule has 0 aromatic heterocycles. The summed E-state index contributed by atoms with van der Waals surface area (Å²) in [5.74, 6) is 1.43. The van der Waals surface area contributed by atoms with Crippen LogP contribution in [0.25, 0.3) is 0 Å². The third-order valence-electron chi connectivity index (χ3n) is 2.40. The van der Waals surface area contributed by atoms with Crippen molar-refractivity contribution in [2.75, 3.05) is 20.0 Å². The molecule has 0 bridgehead atoms. The second kappa shape index (κ2) is 4.49. The summed E-state index contributed by atoms with van der Waals surface area (Å²) in [6.07, 6.45) is 0. The second-order valence-electron chi connectivity index (χ2n) is 3.38. The Hall–Kier alpha value is -1.29. The van der Waals surface area contributed by atoms with E-state index in [0.29, 0.717) is 5.75 Å². The van der Waals surface area contributed by atoms with E-state index in [9.17, 15) is 4.39 Å². The lowest BCUT2D eigenvalue weighted by Crippen LogP contribution is -2.22. The molecule has 1 aromatic carbocycles. The zero-order chi connectivity index (χ0) is 10.7. The molecule has 1 heterocycles. The van der Waals surface area contributed by atoms with Gasteiger partial charge < -0.3 is 14.8 Å². The molecule has 0 fully saturated rings. The molecule has 0 saturated heterocycles. The summed E-state index contributed by atoms with van der Waals surface area (Å²) in [4.78, 5) is 0. The van der Waals surface area contributed by atoms with Gasteiger partial charge in [-0.1, -0.05) is 13.0 Å². The molecule has 0 amide bonds. The van der Waals surface area contributed by atoms with Gasteiger partial charge in [0, 0.05) is 0 Å². The molecular formula is C11H14FNO2. The van der Waals surface area contributed by atoms with Crippen LogP contribution in [0.4, 0.5) is 4.39 Å². The van der Waals surface area contributed by atoms with Crippen molar-refractivity contribution in [2.24, 2.45) is 0 Å². The number of benzene rings is 1. The zero-order valence-electron chi connectivity index (χ0n) is 8.63. The second-order valence-corrected chi connectivity index (χ2v) is 3.38. The van der Waals surface area contributed by atoms with Crippen LogP contribution in [0.2, 0.25) is 0 Å². The molecule has 1 aliphatic heterocycles. The van der Waals surface area contributed by atoms with Crippen LogP contribution in [0.5, 0.6) is 11.5 Å². The van der Waals surface area contributed by atoms with Gasteiger partial charge in [-0.25, -0.2) is 4.39 Å². The average molecular weight is 211 g/mol. The Morgan fingerprint density at radius 3 is 2.93 bits per heavy atom. The van der Waals surface area contributed by atoms with Gasteiger partial charge in [0.05, 0.1) is 6.04 Å². The van der Waals surface area contributed by atoms with Crippen LogP contribution in [-0.4, -0.2) is 20.0 Å². The van der Waals surface area contributed by atoms with Gasteiger partial charge in [0.15, 0.2) is 11.5 Å². The van der Waals surface area contributed by atoms with E-state index >= 15 is 0 Å². The standard InChI is InChI=1S/C11H14FNO2/c1-2-13-9(6-12)8-3-4-10-11(5-8)15-7-14-10/h3-5,9,13H,2,6-7H2,1H3. The van der Waals surface area contributed by atoms with Gasteiger partial charge in [0.1, 0.15) is 6.67 Å². The highest BCUT2D eigenvalue weighted by molar-refractivity contribution is 5.45. The highest BCUT2D eigenvalue weighted by Gasteiger charge is 2.17. The van der Waals surface area contributed by atoms with Crippen molar-refractivity contribution in [3.05, 3.63) is 23.8 Å². The van der Waals surface area contributed by atoms with Gasteiger partial charge in [0.2, 0.25) is 6.79 Å². The zero-order valence-corrected chi connectivity index (χ0v) is 8.63. The summed E-state index contributed by atoms with van der Waals surface area (Å²) < 4.78 is 23.2. The van der Waals surface area contributed by atoms with Gasteiger partial charge in [0.25, 0.3) is 0 Å². The first-order valence-electron chi connectivity index (χ1n) is 5.04. The lowest BCUT2D eigenvalue weighted by atomic mass is 10.1. The van der Waals surface area contributed by atoms with Crippen molar-refractivity contribution in [2.45, 2.75) is 13.0 Å². The summed E-state index contributed by atoms with van der Waals surface area (Å²) >= 11 is 0. The number of hydrogen-bond acceptors (Lipinski definition) is 3. The van der Waals surface area contributed by atoms with Gasteiger partial charge in [-0.2, -0.15) is 0 Å². The van der Waals surface area contributed by atoms with Crippen LogP contribution in [0.1, 0.15) is 18.5 Å². The highest BCUT2D eigenvalue weighted by Crippen LogP contribution is 2.34. The fourth-order valence-corrected chi connectivity index (χ4v) is 1.64. The summed E-state index contributed by atoms with van der Waals surface area (Å²) in [5, 5.41) is 3.07. The van der Waals surface area contributed by atoms with Crippen molar-refractivity contribution < 1.29 is 13.9 Å². The SMILES string of the molecule is CCNC(CF)c1ccc2c(c1)OCO2. The number of rotatable bonds is 4. The number of hydrogen-bond donors (Lipinski definition) is 1. The van der Waals surface area contributed by atoms with E-state index in [-0.39, 0.29) is 12.8 Å². The molecule has 0 aliphatic carbocycles. The lowest BCUT2D eigenvalue weighted by Gasteiger charge is -2.14. The first-order valence-corrected chi connectivity index (χ1v) is 5.04. The molecule has 1 aromatic rings. The first-order chi connectivity index (χ1) is 7.35. The minimum atomic E-state index is -0.423. The Balaban J connectivity index is 2.20. The highest BCUT2D eigenvalue weighted by atomic mass is 19.1. The minimum absolute atomic E-state index is 0.250. The van der Waals surface area contributed by atoms with Crippen molar-refractivity contribution in [1.29, 1.82) is 0 Å². The molecule has 0 saturated carbocycles. The topological polar surface area (TPSA) is 30.5 Å². The molecule has 0 spiro atoms. The fourth-order valence-electron chi connectivity index (χ4n) is 1.64. The summed E-state index contributed by atoms with van der Waals surface area (Å²) in [7, 11) is 0. The van der Waals surface area contributed by atoms with E-state index in [2.05, 4.69) is 5.32 Å². The predicted molar refractivity (Wildman–Crippen MR) is 55.0 cm³/mol. The number of fused-ring (bicyclic) bond motifs is 1. The van der Waals surface area contributed by atoms with Gasteiger partial charge in [-0.05, 0) is 24.2 Å². The van der Waals surface area contributed by atoms with E-state index < -0.39 is 6.67 Å². The Kier molecular flexibility index (Phi) is 3.06. The number of halogens is 1. The van der Waals surface area contributed by atoms with Crippen LogP contribution in [-0.2, 0) is 0 Å². The number of nitrogens with one attached hydrogen (secondary N) is 1. The van der Waals surface area contributed by atoms with Gasteiger partial charge >= 0.3 is 0 Å². The summed E-state index contributed by atoms with van der Waals surface area (Å²) in [6, 6.07) is 5.25. The van der Waals surface area contributed by atoms with Crippen molar-refractivity contribution in [1.82, 2.24) is 5.32 Å². The Morgan fingerprint density at radius 1 is 1.40 bits per heavy atom. The maximum absolute atomic E-state index is 12.7. The monoisotopic (exact) mass is 211 g/mol. The Bertz CT molecular complexity index is 343. The largest absolute Gasteiger partial charge is 0.454 e. The van der Waals surface area contributed by atoms with Crippen LogP contribution >= 0.6 is 0 Å². The molecule has 4 heteroatoms. The van der Waals surface area contributed by atoms with E-state index in [1.54, 1.807) is 0 Å². The van der Waals surface area contributed by atoms with Crippen LogP contribution in [0, 0.1) is 0 Å². The molecule has 2 rings (SSSR count). The van der Waals surface area contributed by atoms with Crippen molar-refractivity contribution in [3.8, 4) is 11.5 Å². The third kappa shape index (κ3) is 2.04. The van der Waals surface area contributed by atoms with Crippen LogP contribution in [0.3, 0.4) is 0 Å². The lowest BCUT2D eigenvalue weighted by molar-refractivity contribution is 0.174. The molecule has 15 heavy (non-hydrogen) atoms. The third-order valence-corrected chi connectivity index (χ3v) is 2.40. The predicted octanol–water partition coefficient (Wildman–Crippen LogP) is 2.04. The quantitative estimate of drug-likeness (QED) is 0.826. The molecule has 1 atom stereocenters. The van der Waals surface area contributed by atoms with Crippen molar-refractivity contribution >= 4 is 0 Å². The average Bonchev–Trinajstić information content (AvgIpc) is 2.72. The van der Waals surface area contributed by atoms with Gasteiger partial charge in [-0.3, -0.25) is 0 Å². The van der Waals surface area contributed by atoms with Crippen molar-refractivity contribution in [3.63, 3.8) is 0 Å². The van der Waals surface area contributed by atoms with E-state index in [1.807, 2.05) is 25.1 Å². The maximum Gasteiger partial charge on any atom is 0.231 e. The molecular weight excluding hydrogens is 197 g/mol. The molecule has 3 nitrogen and oxygen atoms in total. The fraction of sp³-hybridized carbons (Fsp3) is 0.455. The first kappa shape index (κ1) is 10.2. The normalized spacial score (nSPS) is 15.3. The van der Waals surface area contributed by atoms with E-state index in [0.717, 1.165) is 17.9 Å². The van der Waals surface area contributed by atoms with E-state index in [4.69, 9.17) is 9.47 Å². The van der Waals surface area contributed by atoms with E-state index in [1.165, 1.54) is 0 Å². The number of ether oxygens (including phenoxy) is 2. The molecule has 1 unspecified atom stereocenters. The molecule has 1 aliphatic rings. The maximum atomic E-state index is 12.7. The summed E-state index contributed by atoms with van der Waals surface area (Å²) in [5.41, 5.74) is 0.892. The molecule has 1 N–H and O–H groups in total.